The average molecular weight is 430 g/mol. The number of benzene rings is 2. The van der Waals surface area contributed by atoms with Gasteiger partial charge >= 0.3 is 0 Å². The summed E-state index contributed by atoms with van der Waals surface area (Å²) in [6.07, 6.45) is 1.54. The van der Waals surface area contributed by atoms with E-state index in [0.29, 0.717) is 22.9 Å². The summed E-state index contributed by atoms with van der Waals surface area (Å²) in [6.45, 7) is 0.0250. The van der Waals surface area contributed by atoms with E-state index in [1.54, 1.807) is 30.5 Å². The Balaban J connectivity index is 1.56. The van der Waals surface area contributed by atoms with Crippen molar-refractivity contribution < 1.29 is 18.7 Å². The summed E-state index contributed by atoms with van der Waals surface area (Å²) >= 11 is 3.39. The number of nitrogens with one attached hydrogen (secondary N) is 1. The monoisotopic (exact) mass is 429 g/mol. The van der Waals surface area contributed by atoms with Crippen LogP contribution in [-0.4, -0.2) is 23.3 Å². The van der Waals surface area contributed by atoms with Crippen LogP contribution in [0.1, 0.15) is 16.1 Å². The number of oxazole rings is 1. The number of amides is 2. The summed E-state index contributed by atoms with van der Waals surface area (Å²) in [6, 6.07) is 14.2. The van der Waals surface area contributed by atoms with Crippen LogP contribution in [0.4, 0.5) is 0 Å². The summed E-state index contributed by atoms with van der Waals surface area (Å²) in [7, 11) is 0. The molecule has 3 N–H and O–H groups in total. The quantitative estimate of drug-likeness (QED) is 0.600. The number of aromatic nitrogens is 1. The van der Waals surface area contributed by atoms with E-state index in [-0.39, 0.29) is 19.1 Å². The maximum atomic E-state index is 11.8. The van der Waals surface area contributed by atoms with Crippen LogP contribution in [0.3, 0.4) is 0 Å². The number of hydrogen-bond donors (Lipinski definition) is 2. The Morgan fingerprint density at radius 3 is 2.48 bits per heavy atom. The van der Waals surface area contributed by atoms with E-state index in [1.165, 1.54) is 0 Å². The first kappa shape index (κ1) is 18.7. The van der Waals surface area contributed by atoms with Crippen LogP contribution >= 0.6 is 15.9 Å². The van der Waals surface area contributed by atoms with Crippen molar-refractivity contribution in [1.82, 2.24) is 10.3 Å². The fourth-order valence-electron chi connectivity index (χ4n) is 2.23. The summed E-state index contributed by atoms with van der Waals surface area (Å²) in [5, 5.41) is 2.42. The molecule has 2 amide bonds. The zero-order chi connectivity index (χ0) is 19.2. The number of nitrogens with zero attached hydrogens (tertiary/aromatic N) is 1. The minimum Gasteiger partial charge on any atom is -0.487 e. The molecule has 1 heterocycles. The summed E-state index contributed by atoms with van der Waals surface area (Å²) in [5.41, 5.74) is 6.92. The van der Waals surface area contributed by atoms with E-state index in [4.69, 9.17) is 14.9 Å². The third kappa shape index (κ3) is 5.18. The van der Waals surface area contributed by atoms with Crippen molar-refractivity contribution in [3.05, 3.63) is 70.5 Å². The van der Waals surface area contributed by atoms with Crippen LogP contribution in [0.5, 0.6) is 5.75 Å². The first-order valence-electron chi connectivity index (χ1n) is 8.01. The lowest BCUT2D eigenvalue weighted by Crippen LogP contribution is -2.33. The molecular formula is C19H16BrN3O4. The zero-order valence-electron chi connectivity index (χ0n) is 14.1. The van der Waals surface area contributed by atoms with Gasteiger partial charge < -0.3 is 20.2 Å². The molecule has 0 fully saturated rings. The van der Waals surface area contributed by atoms with Gasteiger partial charge in [0.15, 0.2) is 0 Å². The summed E-state index contributed by atoms with van der Waals surface area (Å²) < 4.78 is 12.1. The second kappa shape index (κ2) is 8.50. The van der Waals surface area contributed by atoms with E-state index in [1.807, 2.05) is 24.3 Å². The van der Waals surface area contributed by atoms with Crippen molar-refractivity contribution in [2.24, 2.45) is 5.73 Å². The number of hydrogen-bond acceptors (Lipinski definition) is 5. The van der Waals surface area contributed by atoms with Crippen molar-refractivity contribution in [2.75, 3.05) is 6.54 Å². The second-order valence-corrected chi connectivity index (χ2v) is 6.53. The smallest absolute Gasteiger partial charge is 0.251 e. The van der Waals surface area contributed by atoms with Crippen molar-refractivity contribution in [3.63, 3.8) is 0 Å². The molecule has 8 heteroatoms. The molecule has 3 rings (SSSR count). The standard InChI is InChI=1S/C19H16BrN3O4/c20-14-5-1-13(2-6-14)19-23-15(11-27-19)10-26-16-7-3-12(4-8-16)18(25)22-9-17(21)24/h1-8,11H,9-10H2,(H2,21,24)(H,22,25). The summed E-state index contributed by atoms with van der Waals surface area (Å²) in [4.78, 5) is 26.9. The molecule has 0 saturated heterocycles. The molecule has 3 aromatic rings. The van der Waals surface area contributed by atoms with Gasteiger partial charge in [-0.25, -0.2) is 4.98 Å². The molecule has 27 heavy (non-hydrogen) atoms. The van der Waals surface area contributed by atoms with Crippen LogP contribution < -0.4 is 15.8 Å². The lowest BCUT2D eigenvalue weighted by molar-refractivity contribution is -0.117. The van der Waals surface area contributed by atoms with Crippen LogP contribution in [0, 0.1) is 0 Å². The first-order chi connectivity index (χ1) is 13.0. The highest BCUT2D eigenvalue weighted by atomic mass is 79.9. The Kier molecular flexibility index (Phi) is 5.87. The number of ether oxygens (including phenoxy) is 1. The third-order valence-electron chi connectivity index (χ3n) is 3.57. The Bertz CT molecular complexity index is 936. The van der Waals surface area contributed by atoms with Gasteiger partial charge in [0, 0.05) is 15.6 Å². The number of nitrogens with two attached hydrogens (primary N) is 1. The Labute approximate surface area is 163 Å². The van der Waals surface area contributed by atoms with Gasteiger partial charge in [-0.05, 0) is 48.5 Å². The van der Waals surface area contributed by atoms with Gasteiger partial charge in [-0.15, -0.1) is 0 Å². The number of carbonyl (C=O) groups excluding carboxylic acids is 2. The maximum Gasteiger partial charge on any atom is 0.251 e. The molecule has 0 spiro atoms. The molecule has 0 unspecified atom stereocenters. The Morgan fingerprint density at radius 1 is 1.11 bits per heavy atom. The largest absolute Gasteiger partial charge is 0.487 e. The predicted molar refractivity (Wildman–Crippen MR) is 102 cm³/mol. The molecule has 138 valence electrons. The van der Waals surface area contributed by atoms with Crippen LogP contribution in [-0.2, 0) is 11.4 Å². The van der Waals surface area contributed by atoms with Crippen molar-refractivity contribution in [2.45, 2.75) is 6.61 Å². The normalized spacial score (nSPS) is 10.4. The lowest BCUT2D eigenvalue weighted by Gasteiger charge is -2.06. The van der Waals surface area contributed by atoms with E-state index in [2.05, 4.69) is 26.2 Å². The highest BCUT2D eigenvalue weighted by Crippen LogP contribution is 2.22. The van der Waals surface area contributed by atoms with E-state index < -0.39 is 5.91 Å². The molecule has 0 saturated carbocycles. The van der Waals surface area contributed by atoms with E-state index in [9.17, 15) is 9.59 Å². The molecule has 0 bridgehead atoms. The van der Waals surface area contributed by atoms with Crippen molar-refractivity contribution in [1.29, 1.82) is 0 Å². The molecule has 0 radical (unpaired) electrons. The maximum absolute atomic E-state index is 11.8. The van der Waals surface area contributed by atoms with Crippen molar-refractivity contribution >= 4 is 27.7 Å². The van der Waals surface area contributed by atoms with Crippen LogP contribution in [0.15, 0.2) is 63.7 Å². The highest BCUT2D eigenvalue weighted by molar-refractivity contribution is 9.10. The third-order valence-corrected chi connectivity index (χ3v) is 4.10. The van der Waals surface area contributed by atoms with Gasteiger partial charge in [-0.3, -0.25) is 9.59 Å². The molecule has 0 aliphatic carbocycles. The Hall–Kier alpha value is -3.13. The molecule has 0 aliphatic heterocycles. The fourth-order valence-corrected chi connectivity index (χ4v) is 2.49. The second-order valence-electron chi connectivity index (χ2n) is 5.61. The number of halogens is 1. The number of carbonyl (C=O) groups is 2. The van der Waals surface area contributed by atoms with Gasteiger partial charge in [0.25, 0.3) is 5.91 Å². The molecule has 0 aliphatic rings. The average Bonchev–Trinajstić information content (AvgIpc) is 3.14. The van der Waals surface area contributed by atoms with E-state index >= 15 is 0 Å². The Morgan fingerprint density at radius 2 is 1.81 bits per heavy atom. The predicted octanol–water partition coefficient (Wildman–Crippen LogP) is 2.90. The molecule has 2 aromatic carbocycles. The van der Waals surface area contributed by atoms with Gasteiger partial charge in [-0.1, -0.05) is 15.9 Å². The van der Waals surface area contributed by atoms with Gasteiger partial charge in [0.1, 0.15) is 24.3 Å². The molecular weight excluding hydrogens is 414 g/mol. The van der Waals surface area contributed by atoms with Gasteiger partial charge in [0.05, 0.1) is 6.54 Å². The van der Waals surface area contributed by atoms with Crippen LogP contribution in [0.25, 0.3) is 11.5 Å². The fraction of sp³-hybridized carbons (Fsp3) is 0.105. The zero-order valence-corrected chi connectivity index (χ0v) is 15.7. The van der Waals surface area contributed by atoms with Crippen LogP contribution in [0.2, 0.25) is 0 Å². The molecule has 0 atom stereocenters. The van der Waals surface area contributed by atoms with E-state index in [0.717, 1.165) is 10.0 Å². The highest BCUT2D eigenvalue weighted by Gasteiger charge is 2.09. The topological polar surface area (TPSA) is 107 Å². The minimum absolute atomic E-state index is 0.204. The number of rotatable bonds is 7. The van der Waals surface area contributed by atoms with Gasteiger partial charge in [0.2, 0.25) is 11.8 Å². The van der Waals surface area contributed by atoms with Gasteiger partial charge in [-0.2, -0.15) is 0 Å². The minimum atomic E-state index is -0.599. The molecule has 1 aromatic heterocycles. The first-order valence-corrected chi connectivity index (χ1v) is 8.80. The number of primary amides is 1. The SMILES string of the molecule is NC(=O)CNC(=O)c1ccc(OCc2coc(-c3ccc(Br)cc3)n2)cc1. The van der Waals surface area contributed by atoms with Crippen molar-refractivity contribution in [3.8, 4) is 17.2 Å². The molecule has 7 nitrogen and oxygen atoms in total. The lowest BCUT2D eigenvalue weighted by atomic mass is 10.2. The summed E-state index contributed by atoms with van der Waals surface area (Å²) in [5.74, 6) is 0.117.